The second-order valence-corrected chi connectivity index (χ2v) is 7.50. The summed E-state index contributed by atoms with van der Waals surface area (Å²) in [5.41, 5.74) is 0.493. The van der Waals surface area contributed by atoms with Crippen molar-refractivity contribution in [1.29, 1.82) is 0 Å². The van der Waals surface area contributed by atoms with E-state index in [-0.39, 0.29) is 43.2 Å². The minimum absolute atomic E-state index is 0.00236. The minimum atomic E-state index is -4.24. The van der Waals surface area contributed by atoms with Crippen LogP contribution in [0.3, 0.4) is 0 Å². The molecule has 2 atom stereocenters. The van der Waals surface area contributed by atoms with Crippen LogP contribution in [0.25, 0.3) is 0 Å². The predicted molar refractivity (Wildman–Crippen MR) is 92.1 cm³/mol. The van der Waals surface area contributed by atoms with Crippen molar-refractivity contribution in [3.05, 3.63) is 34.6 Å². The van der Waals surface area contributed by atoms with Gasteiger partial charge in [-0.1, -0.05) is 17.7 Å². The Balaban J connectivity index is 1.78. The van der Waals surface area contributed by atoms with Crippen LogP contribution in [0.4, 0.5) is 22.4 Å². The molecule has 3 rings (SSSR count). The molecule has 2 aliphatic rings. The summed E-state index contributed by atoms with van der Waals surface area (Å²) in [6, 6.07) is 3.28. The quantitative estimate of drug-likeness (QED) is 0.717. The van der Waals surface area contributed by atoms with Crippen molar-refractivity contribution in [1.82, 2.24) is 10.6 Å². The van der Waals surface area contributed by atoms with E-state index in [0.717, 1.165) is 6.07 Å². The van der Waals surface area contributed by atoms with Gasteiger partial charge in [-0.05, 0) is 49.3 Å². The largest absolute Gasteiger partial charge is 0.434 e. The molecular weight excluding hydrogens is 404 g/mol. The zero-order valence-corrected chi connectivity index (χ0v) is 15.4. The van der Waals surface area contributed by atoms with Gasteiger partial charge in [0.25, 0.3) is 5.91 Å². The van der Waals surface area contributed by atoms with E-state index in [1.165, 1.54) is 12.1 Å². The molecule has 1 heterocycles. The highest BCUT2D eigenvalue weighted by molar-refractivity contribution is 6.30. The molecule has 10 heteroatoms. The summed E-state index contributed by atoms with van der Waals surface area (Å²) in [7, 11) is 0. The number of hydrogen-bond acceptors (Lipinski definition) is 3. The number of nitrogens with one attached hydrogen (secondary N) is 2. The van der Waals surface area contributed by atoms with Crippen LogP contribution in [0.15, 0.2) is 18.2 Å². The number of alkyl halides is 3. The van der Waals surface area contributed by atoms with Crippen molar-refractivity contribution in [2.24, 2.45) is 11.8 Å². The predicted octanol–water partition coefficient (Wildman–Crippen LogP) is 4.11. The van der Waals surface area contributed by atoms with E-state index < -0.39 is 42.1 Å². The van der Waals surface area contributed by atoms with Gasteiger partial charge in [0.2, 0.25) is 0 Å². The van der Waals surface area contributed by atoms with Crippen molar-refractivity contribution in [3.63, 3.8) is 0 Å². The zero-order chi connectivity index (χ0) is 20.5. The third-order valence-corrected chi connectivity index (χ3v) is 5.57. The van der Waals surface area contributed by atoms with Gasteiger partial charge in [-0.3, -0.25) is 4.79 Å². The first-order valence-electron chi connectivity index (χ1n) is 8.91. The molecule has 2 amide bonds. The van der Waals surface area contributed by atoms with Crippen molar-refractivity contribution >= 4 is 23.6 Å². The van der Waals surface area contributed by atoms with Crippen molar-refractivity contribution < 1.29 is 31.9 Å². The Morgan fingerprint density at radius 3 is 2.46 bits per heavy atom. The first kappa shape index (κ1) is 20.7. The highest BCUT2D eigenvalue weighted by Crippen LogP contribution is 2.43. The van der Waals surface area contributed by atoms with Crippen molar-refractivity contribution in [2.75, 3.05) is 6.54 Å². The molecule has 1 aromatic carbocycles. The van der Waals surface area contributed by atoms with E-state index in [1.54, 1.807) is 0 Å². The Bertz CT molecular complexity index is 751. The number of benzene rings is 1. The Kier molecular flexibility index (Phi) is 6.02. The first-order valence-corrected chi connectivity index (χ1v) is 9.29. The maximum absolute atomic E-state index is 13.5. The minimum Gasteiger partial charge on any atom is -0.434 e. The number of rotatable bonds is 4. The highest BCUT2D eigenvalue weighted by atomic mass is 35.5. The van der Waals surface area contributed by atoms with Gasteiger partial charge in [-0.25, -0.2) is 9.18 Å². The topological polar surface area (TPSA) is 67.4 Å². The number of carbonyl (C=O) groups is 2. The fraction of sp³-hybridized carbons (Fsp3) is 0.556. The fourth-order valence-corrected chi connectivity index (χ4v) is 3.93. The van der Waals surface area contributed by atoms with Crippen LogP contribution in [0.2, 0.25) is 5.02 Å². The molecule has 1 saturated carbocycles. The SMILES string of the molecule is O=C1NCC(C(=O)N[C@@H](c2ccc(F)c(Cl)c2)C2CCC(C(F)(F)F)CC2)O1. The Morgan fingerprint density at radius 2 is 1.93 bits per heavy atom. The molecule has 1 saturated heterocycles. The molecule has 5 nitrogen and oxygen atoms in total. The van der Waals surface area contributed by atoms with Crippen LogP contribution in [0.1, 0.15) is 37.3 Å². The van der Waals surface area contributed by atoms with E-state index in [4.69, 9.17) is 16.3 Å². The molecule has 0 spiro atoms. The normalized spacial score (nSPS) is 26.3. The number of ether oxygens (including phenoxy) is 1. The lowest BCUT2D eigenvalue weighted by Crippen LogP contribution is -2.42. The van der Waals surface area contributed by atoms with Gasteiger partial charge in [-0.2, -0.15) is 13.2 Å². The average molecular weight is 423 g/mol. The molecule has 0 aromatic heterocycles. The second kappa shape index (κ2) is 8.14. The summed E-state index contributed by atoms with van der Waals surface area (Å²) < 4.78 is 57.3. The van der Waals surface area contributed by atoms with Gasteiger partial charge < -0.3 is 15.4 Å². The van der Waals surface area contributed by atoms with Gasteiger partial charge in [0.15, 0.2) is 6.10 Å². The van der Waals surface area contributed by atoms with Crippen molar-refractivity contribution in [3.8, 4) is 0 Å². The summed E-state index contributed by atoms with van der Waals surface area (Å²) >= 11 is 5.85. The van der Waals surface area contributed by atoms with E-state index >= 15 is 0 Å². The molecular formula is C18H19ClF4N2O3. The fourth-order valence-electron chi connectivity index (χ4n) is 3.74. The molecule has 1 unspecified atom stereocenters. The Morgan fingerprint density at radius 1 is 1.25 bits per heavy atom. The standard InChI is InChI=1S/C18H19ClF4N2O3/c19-12-7-10(3-6-13(12)20)15(25-16(26)14-8-24-17(27)28-14)9-1-4-11(5-2-9)18(21,22)23/h3,6-7,9,11,14-15H,1-2,4-5,8H2,(H,24,27)(H,25,26)/t9?,11?,14?,15-/m1/s1. The number of cyclic esters (lactones) is 1. The average Bonchev–Trinajstić information content (AvgIpc) is 3.08. The summed E-state index contributed by atoms with van der Waals surface area (Å²) in [5, 5.41) is 4.97. The lowest BCUT2D eigenvalue weighted by atomic mass is 9.76. The number of alkyl carbamates (subject to hydrolysis) is 1. The summed E-state index contributed by atoms with van der Waals surface area (Å²) in [5.74, 6) is -2.85. The Hall–Kier alpha value is -2.03. The monoisotopic (exact) mass is 422 g/mol. The smallest absolute Gasteiger partial charge is 0.408 e. The van der Waals surface area contributed by atoms with Crippen LogP contribution in [-0.2, 0) is 9.53 Å². The highest BCUT2D eigenvalue weighted by Gasteiger charge is 2.43. The van der Waals surface area contributed by atoms with Gasteiger partial charge in [0, 0.05) is 0 Å². The van der Waals surface area contributed by atoms with Crippen LogP contribution in [0.5, 0.6) is 0 Å². The summed E-state index contributed by atoms with van der Waals surface area (Å²) in [4.78, 5) is 23.6. The van der Waals surface area contributed by atoms with Crippen LogP contribution in [0, 0.1) is 17.7 Å². The summed E-state index contributed by atoms with van der Waals surface area (Å²) in [6.07, 6.45) is -5.60. The van der Waals surface area contributed by atoms with Crippen LogP contribution < -0.4 is 10.6 Å². The number of halogens is 5. The molecule has 2 fully saturated rings. The lowest BCUT2D eigenvalue weighted by Gasteiger charge is -2.35. The zero-order valence-electron chi connectivity index (χ0n) is 14.7. The van der Waals surface area contributed by atoms with E-state index in [2.05, 4.69) is 10.6 Å². The van der Waals surface area contributed by atoms with Gasteiger partial charge >= 0.3 is 12.3 Å². The molecule has 0 radical (unpaired) electrons. The molecule has 2 N–H and O–H groups in total. The van der Waals surface area contributed by atoms with E-state index in [0.29, 0.717) is 5.56 Å². The van der Waals surface area contributed by atoms with Gasteiger partial charge in [0.1, 0.15) is 5.82 Å². The van der Waals surface area contributed by atoms with E-state index in [9.17, 15) is 27.2 Å². The third kappa shape index (κ3) is 4.68. The third-order valence-electron chi connectivity index (χ3n) is 5.28. The number of amides is 2. The molecule has 28 heavy (non-hydrogen) atoms. The first-order chi connectivity index (χ1) is 13.1. The van der Waals surface area contributed by atoms with Gasteiger partial charge in [-0.15, -0.1) is 0 Å². The number of carbonyl (C=O) groups excluding carboxylic acids is 2. The maximum atomic E-state index is 13.5. The van der Waals surface area contributed by atoms with Crippen molar-refractivity contribution in [2.45, 2.75) is 44.0 Å². The lowest BCUT2D eigenvalue weighted by molar-refractivity contribution is -0.184. The maximum Gasteiger partial charge on any atom is 0.408 e. The number of hydrogen-bond donors (Lipinski definition) is 2. The second-order valence-electron chi connectivity index (χ2n) is 7.09. The van der Waals surface area contributed by atoms with Crippen LogP contribution in [-0.4, -0.2) is 30.8 Å². The van der Waals surface area contributed by atoms with Crippen LogP contribution >= 0.6 is 11.6 Å². The molecule has 0 bridgehead atoms. The molecule has 1 aliphatic heterocycles. The molecule has 154 valence electrons. The Labute approximate surface area is 163 Å². The summed E-state index contributed by atoms with van der Waals surface area (Å²) in [6.45, 7) is 0.00236. The molecule has 1 aromatic rings. The van der Waals surface area contributed by atoms with E-state index in [1.807, 2.05) is 0 Å². The van der Waals surface area contributed by atoms with Gasteiger partial charge in [0.05, 0.1) is 23.5 Å². The molecule has 1 aliphatic carbocycles.